The van der Waals surface area contributed by atoms with Gasteiger partial charge >= 0.3 is 0 Å². The van der Waals surface area contributed by atoms with Crippen molar-refractivity contribution in [1.29, 1.82) is 0 Å². The van der Waals surface area contributed by atoms with E-state index in [1.54, 1.807) is 0 Å². The number of nitrogens with two attached hydrogens (primary N) is 1. The Balaban J connectivity index is 1.79. The van der Waals surface area contributed by atoms with Crippen molar-refractivity contribution in [1.82, 2.24) is 9.78 Å². The van der Waals surface area contributed by atoms with E-state index >= 15 is 0 Å². The van der Waals surface area contributed by atoms with Gasteiger partial charge in [0, 0.05) is 11.3 Å². The van der Waals surface area contributed by atoms with Crippen LogP contribution in [0.3, 0.4) is 0 Å². The predicted molar refractivity (Wildman–Crippen MR) is 90.0 cm³/mol. The number of carbonyl (C=O) groups excluding carboxylic acids is 1. The third-order valence-corrected chi connectivity index (χ3v) is 5.58. The highest BCUT2D eigenvalue weighted by atomic mass is 16.1. The Morgan fingerprint density at radius 3 is 2.78 bits per heavy atom. The summed E-state index contributed by atoms with van der Waals surface area (Å²) in [5, 5.41) is 4.58. The predicted octanol–water partition coefficient (Wildman–Crippen LogP) is 3.02. The molecule has 1 amide bonds. The van der Waals surface area contributed by atoms with Crippen LogP contribution >= 0.6 is 0 Å². The number of allylic oxidation sites excluding steroid dienone is 1. The molecule has 2 N–H and O–H groups in total. The minimum Gasteiger partial charge on any atom is -0.369 e. The second-order valence-electron chi connectivity index (χ2n) is 7.06. The summed E-state index contributed by atoms with van der Waals surface area (Å²) in [5.74, 6) is -0.241. The van der Waals surface area contributed by atoms with Gasteiger partial charge < -0.3 is 5.73 Å². The SMILES string of the molecule is Cc1ccc(-n2ncc3c2C=C2CC[C@H](C(N)=O)C2(C)C3)cc1. The van der Waals surface area contributed by atoms with Gasteiger partial charge in [0.1, 0.15) is 0 Å². The molecule has 2 atom stereocenters. The van der Waals surface area contributed by atoms with Crippen molar-refractivity contribution in [2.45, 2.75) is 33.1 Å². The molecule has 1 aromatic heterocycles. The summed E-state index contributed by atoms with van der Waals surface area (Å²) in [7, 11) is 0. The molecule has 4 heteroatoms. The monoisotopic (exact) mass is 307 g/mol. The molecule has 1 unspecified atom stereocenters. The van der Waals surface area contributed by atoms with E-state index in [-0.39, 0.29) is 17.2 Å². The average molecular weight is 307 g/mol. The molecule has 2 aliphatic rings. The summed E-state index contributed by atoms with van der Waals surface area (Å²) >= 11 is 0. The van der Waals surface area contributed by atoms with Gasteiger partial charge in [0.05, 0.1) is 17.6 Å². The zero-order valence-corrected chi connectivity index (χ0v) is 13.5. The molecule has 0 radical (unpaired) electrons. The van der Waals surface area contributed by atoms with E-state index in [0.29, 0.717) is 0 Å². The van der Waals surface area contributed by atoms with Gasteiger partial charge in [-0.3, -0.25) is 4.79 Å². The quantitative estimate of drug-likeness (QED) is 0.927. The van der Waals surface area contributed by atoms with Crippen LogP contribution in [0.4, 0.5) is 0 Å². The number of nitrogens with zero attached hydrogens (tertiary/aromatic N) is 2. The Bertz CT molecular complexity index is 816. The largest absolute Gasteiger partial charge is 0.369 e. The van der Waals surface area contributed by atoms with Crippen LogP contribution in [-0.4, -0.2) is 15.7 Å². The molecule has 0 aliphatic heterocycles. The number of hydrogen-bond acceptors (Lipinski definition) is 2. The Morgan fingerprint density at radius 1 is 1.35 bits per heavy atom. The molecule has 1 fully saturated rings. The number of primary amides is 1. The lowest BCUT2D eigenvalue weighted by atomic mass is 9.69. The van der Waals surface area contributed by atoms with Gasteiger partial charge in [-0.15, -0.1) is 0 Å². The minimum atomic E-state index is -0.176. The first-order chi connectivity index (χ1) is 11.0. The van der Waals surface area contributed by atoms with Crippen LogP contribution in [0, 0.1) is 18.3 Å². The summed E-state index contributed by atoms with van der Waals surface area (Å²) in [6, 6.07) is 8.38. The lowest BCUT2D eigenvalue weighted by molar-refractivity contribution is -0.124. The Hall–Kier alpha value is -2.36. The summed E-state index contributed by atoms with van der Waals surface area (Å²) in [4.78, 5) is 11.8. The van der Waals surface area contributed by atoms with Crippen molar-refractivity contribution in [2.24, 2.45) is 17.1 Å². The first-order valence-corrected chi connectivity index (χ1v) is 8.13. The van der Waals surface area contributed by atoms with Crippen molar-refractivity contribution in [3.05, 3.63) is 52.9 Å². The smallest absolute Gasteiger partial charge is 0.221 e. The zero-order valence-electron chi connectivity index (χ0n) is 13.5. The molecule has 2 aliphatic carbocycles. The second-order valence-corrected chi connectivity index (χ2v) is 7.06. The number of rotatable bonds is 2. The van der Waals surface area contributed by atoms with Gasteiger partial charge in [-0.05, 0) is 50.0 Å². The van der Waals surface area contributed by atoms with Gasteiger partial charge in [-0.25, -0.2) is 4.68 Å². The topological polar surface area (TPSA) is 60.9 Å². The fourth-order valence-corrected chi connectivity index (χ4v) is 4.19. The number of aromatic nitrogens is 2. The maximum atomic E-state index is 11.8. The molecule has 1 saturated carbocycles. The Kier molecular flexibility index (Phi) is 2.98. The standard InChI is InChI=1S/C19H21N3O/c1-12-3-6-15(7-4-12)22-17-9-14-5-8-16(18(20)23)19(14,2)10-13(17)11-21-22/h3-4,6-7,9,11,16H,5,8,10H2,1-2H3,(H2,20,23)/t16-,19?/m1/s1. The number of hydrogen-bond donors (Lipinski definition) is 1. The van der Waals surface area contributed by atoms with Crippen molar-refractivity contribution in [3.63, 3.8) is 0 Å². The molecular formula is C19H21N3O. The van der Waals surface area contributed by atoms with E-state index in [0.717, 1.165) is 30.6 Å². The van der Waals surface area contributed by atoms with Crippen molar-refractivity contribution in [3.8, 4) is 5.69 Å². The van der Waals surface area contributed by atoms with Gasteiger partial charge in [0.25, 0.3) is 0 Å². The third kappa shape index (κ3) is 2.05. The maximum absolute atomic E-state index is 11.8. The summed E-state index contributed by atoms with van der Waals surface area (Å²) in [6.07, 6.45) is 6.81. The molecule has 4 nitrogen and oxygen atoms in total. The van der Waals surface area contributed by atoms with Gasteiger partial charge in [0.15, 0.2) is 0 Å². The summed E-state index contributed by atoms with van der Waals surface area (Å²) in [6.45, 7) is 4.26. The van der Waals surface area contributed by atoms with E-state index in [4.69, 9.17) is 5.73 Å². The van der Waals surface area contributed by atoms with Crippen LogP contribution in [-0.2, 0) is 11.2 Å². The summed E-state index contributed by atoms with van der Waals surface area (Å²) in [5.41, 5.74) is 11.5. The lowest BCUT2D eigenvalue weighted by Crippen LogP contribution is -2.37. The molecule has 1 heterocycles. The van der Waals surface area contributed by atoms with E-state index < -0.39 is 0 Å². The third-order valence-electron chi connectivity index (χ3n) is 5.58. The molecule has 23 heavy (non-hydrogen) atoms. The molecule has 118 valence electrons. The van der Waals surface area contributed by atoms with E-state index in [1.807, 2.05) is 10.9 Å². The number of amides is 1. The highest BCUT2D eigenvalue weighted by molar-refractivity contribution is 5.80. The van der Waals surface area contributed by atoms with E-state index in [2.05, 4.69) is 49.3 Å². The average Bonchev–Trinajstić information content (AvgIpc) is 3.05. The highest BCUT2D eigenvalue weighted by Gasteiger charge is 2.48. The number of aryl methyl sites for hydroxylation is 1. The molecule has 4 rings (SSSR count). The molecule has 1 aromatic carbocycles. The van der Waals surface area contributed by atoms with Crippen molar-refractivity contribution in [2.75, 3.05) is 0 Å². The first kappa shape index (κ1) is 14.2. The zero-order chi connectivity index (χ0) is 16.2. The molecule has 2 aromatic rings. The molecule has 0 saturated heterocycles. The maximum Gasteiger partial charge on any atom is 0.221 e. The Morgan fingerprint density at radius 2 is 2.09 bits per heavy atom. The number of carbonyl (C=O) groups is 1. The Labute approximate surface area is 136 Å². The molecule has 0 spiro atoms. The van der Waals surface area contributed by atoms with E-state index in [1.165, 1.54) is 16.7 Å². The van der Waals surface area contributed by atoms with Gasteiger partial charge in [-0.2, -0.15) is 5.10 Å². The normalized spacial score (nSPS) is 25.7. The van der Waals surface area contributed by atoms with Gasteiger partial charge in [-0.1, -0.05) is 30.2 Å². The fraction of sp³-hybridized carbons (Fsp3) is 0.368. The van der Waals surface area contributed by atoms with Crippen LogP contribution in [0.25, 0.3) is 11.8 Å². The van der Waals surface area contributed by atoms with Crippen molar-refractivity contribution >= 4 is 12.0 Å². The van der Waals surface area contributed by atoms with Crippen LogP contribution in [0.1, 0.15) is 36.6 Å². The first-order valence-electron chi connectivity index (χ1n) is 8.13. The summed E-state index contributed by atoms with van der Waals surface area (Å²) < 4.78 is 2.00. The van der Waals surface area contributed by atoms with Crippen LogP contribution in [0.15, 0.2) is 36.0 Å². The number of fused-ring (bicyclic) bond motifs is 2. The van der Waals surface area contributed by atoms with Crippen molar-refractivity contribution < 1.29 is 4.79 Å². The molecular weight excluding hydrogens is 286 g/mol. The van der Waals surface area contributed by atoms with E-state index in [9.17, 15) is 4.79 Å². The fourth-order valence-electron chi connectivity index (χ4n) is 4.19. The highest BCUT2D eigenvalue weighted by Crippen LogP contribution is 2.52. The van der Waals surface area contributed by atoms with Gasteiger partial charge in [0.2, 0.25) is 5.91 Å². The number of benzene rings is 1. The van der Waals surface area contributed by atoms with Crippen LogP contribution in [0.5, 0.6) is 0 Å². The minimum absolute atomic E-state index is 0.0652. The lowest BCUT2D eigenvalue weighted by Gasteiger charge is -2.34. The molecule has 0 bridgehead atoms. The van der Waals surface area contributed by atoms with Crippen LogP contribution in [0.2, 0.25) is 0 Å². The van der Waals surface area contributed by atoms with Crippen LogP contribution < -0.4 is 5.73 Å². The second kappa shape index (κ2) is 4.82.